The number of carboxylic acid groups (broad SMARTS) is 1. The van der Waals surface area contributed by atoms with Gasteiger partial charge in [0, 0.05) is 5.56 Å². The van der Waals surface area contributed by atoms with Gasteiger partial charge in [-0.25, -0.2) is 4.79 Å². The second-order valence-corrected chi connectivity index (χ2v) is 5.83. The van der Waals surface area contributed by atoms with Crippen LogP contribution in [-0.4, -0.2) is 35.1 Å². The Kier molecular flexibility index (Phi) is 4.65. The maximum absolute atomic E-state index is 14.3. The van der Waals surface area contributed by atoms with Crippen LogP contribution in [0, 0.1) is 0 Å². The molecule has 3 rings (SSSR count). The summed E-state index contributed by atoms with van der Waals surface area (Å²) in [6, 6.07) is 10.9. The van der Waals surface area contributed by atoms with Crippen molar-refractivity contribution < 1.29 is 33.2 Å². The van der Waals surface area contributed by atoms with Gasteiger partial charge in [0.05, 0.1) is 11.5 Å². The number of fused-ring (bicyclic) bond motifs is 1. The SMILES string of the molecule is O=C(O)c1cccc2c1OB(O)C(NC(=O)C(F)(F)c1ccccc1)C2. The molecule has 3 N–H and O–H groups in total. The number of carbonyl (C=O) groups is 2. The van der Waals surface area contributed by atoms with E-state index in [9.17, 15) is 23.4 Å². The zero-order valence-electron chi connectivity index (χ0n) is 13.4. The molecule has 0 aliphatic carbocycles. The second kappa shape index (κ2) is 6.76. The molecule has 1 amide bonds. The highest BCUT2D eigenvalue weighted by molar-refractivity contribution is 6.47. The summed E-state index contributed by atoms with van der Waals surface area (Å²) in [7, 11) is -1.65. The summed E-state index contributed by atoms with van der Waals surface area (Å²) in [4.78, 5) is 23.2. The van der Waals surface area contributed by atoms with E-state index in [1.165, 1.54) is 24.3 Å². The van der Waals surface area contributed by atoms with Crippen LogP contribution in [0.1, 0.15) is 21.5 Å². The lowest BCUT2D eigenvalue weighted by atomic mass is 9.72. The third-order valence-electron chi connectivity index (χ3n) is 4.09. The zero-order valence-corrected chi connectivity index (χ0v) is 13.4. The van der Waals surface area contributed by atoms with E-state index >= 15 is 0 Å². The lowest BCUT2D eigenvalue weighted by molar-refractivity contribution is -0.147. The van der Waals surface area contributed by atoms with Gasteiger partial charge in [-0.05, 0) is 18.1 Å². The monoisotopic (exact) mass is 361 g/mol. The van der Waals surface area contributed by atoms with Crippen molar-refractivity contribution in [2.45, 2.75) is 18.3 Å². The molecule has 0 bridgehead atoms. The molecule has 1 heterocycles. The van der Waals surface area contributed by atoms with Crippen LogP contribution >= 0.6 is 0 Å². The standard InChI is InChI=1S/C17H14BF2NO5/c19-17(20,11-6-2-1-3-7-11)16(24)21-13-9-10-5-4-8-12(15(22)23)14(10)26-18(13)25/h1-8,13,25H,9H2,(H,21,24)(H,22,23). The Bertz CT molecular complexity index is 846. The number of hydrogen-bond donors (Lipinski definition) is 3. The Morgan fingerprint density at radius 2 is 1.85 bits per heavy atom. The van der Waals surface area contributed by atoms with Gasteiger partial charge in [-0.3, -0.25) is 4.79 Å². The molecule has 1 unspecified atom stereocenters. The van der Waals surface area contributed by atoms with E-state index in [1.54, 1.807) is 12.1 Å². The van der Waals surface area contributed by atoms with Crippen LogP contribution in [0.2, 0.25) is 0 Å². The predicted molar refractivity (Wildman–Crippen MR) is 88.0 cm³/mol. The number of hydrogen-bond acceptors (Lipinski definition) is 4. The number of carboxylic acids is 1. The lowest BCUT2D eigenvalue weighted by Crippen LogP contribution is -2.56. The summed E-state index contributed by atoms with van der Waals surface area (Å²) in [6.07, 6.45) is -0.0474. The van der Waals surface area contributed by atoms with Crippen LogP contribution in [-0.2, 0) is 17.1 Å². The number of para-hydroxylation sites is 1. The number of amides is 1. The number of carbonyl (C=O) groups excluding carboxylic acids is 1. The molecule has 1 aliphatic rings. The van der Waals surface area contributed by atoms with Crippen molar-refractivity contribution in [1.29, 1.82) is 0 Å². The molecular formula is C17H14BF2NO5. The van der Waals surface area contributed by atoms with Crippen molar-refractivity contribution in [3.63, 3.8) is 0 Å². The number of rotatable bonds is 4. The molecule has 0 saturated heterocycles. The fraction of sp³-hybridized carbons (Fsp3) is 0.176. The van der Waals surface area contributed by atoms with Gasteiger partial charge < -0.3 is 20.1 Å². The molecule has 0 saturated carbocycles. The van der Waals surface area contributed by atoms with Gasteiger partial charge in [-0.15, -0.1) is 0 Å². The van der Waals surface area contributed by atoms with Crippen LogP contribution in [0.15, 0.2) is 48.5 Å². The van der Waals surface area contributed by atoms with E-state index in [0.29, 0.717) is 5.56 Å². The summed E-state index contributed by atoms with van der Waals surface area (Å²) in [5.74, 6) is -7.78. The van der Waals surface area contributed by atoms with Gasteiger partial charge in [-0.1, -0.05) is 42.5 Å². The van der Waals surface area contributed by atoms with E-state index in [2.05, 4.69) is 5.32 Å². The van der Waals surface area contributed by atoms with Gasteiger partial charge in [0.25, 0.3) is 5.91 Å². The van der Waals surface area contributed by atoms with Gasteiger partial charge in [0.1, 0.15) is 5.75 Å². The van der Waals surface area contributed by atoms with Crippen molar-refractivity contribution in [1.82, 2.24) is 5.32 Å². The van der Waals surface area contributed by atoms with Crippen molar-refractivity contribution in [3.8, 4) is 5.75 Å². The second-order valence-electron chi connectivity index (χ2n) is 5.83. The quantitative estimate of drug-likeness (QED) is 0.720. The van der Waals surface area contributed by atoms with Crippen LogP contribution in [0.25, 0.3) is 0 Å². The summed E-state index contributed by atoms with van der Waals surface area (Å²) in [5.41, 5.74) is -0.234. The molecule has 2 aromatic rings. The maximum Gasteiger partial charge on any atom is 0.547 e. The Balaban J connectivity index is 1.80. The predicted octanol–water partition coefficient (Wildman–Crippen LogP) is 1.62. The van der Waals surface area contributed by atoms with Crippen molar-refractivity contribution in [2.24, 2.45) is 0 Å². The zero-order chi connectivity index (χ0) is 18.9. The number of benzene rings is 2. The van der Waals surface area contributed by atoms with E-state index in [4.69, 9.17) is 9.76 Å². The molecule has 6 nitrogen and oxygen atoms in total. The number of halogens is 2. The first-order chi connectivity index (χ1) is 12.3. The first-order valence-electron chi connectivity index (χ1n) is 7.75. The van der Waals surface area contributed by atoms with Gasteiger partial charge in [-0.2, -0.15) is 8.78 Å². The lowest BCUT2D eigenvalue weighted by Gasteiger charge is -2.30. The van der Waals surface area contributed by atoms with Crippen LogP contribution in [0.3, 0.4) is 0 Å². The first kappa shape index (κ1) is 17.9. The third kappa shape index (κ3) is 3.25. The van der Waals surface area contributed by atoms with E-state index < -0.39 is 36.4 Å². The minimum absolute atomic E-state index is 0.0344. The molecule has 0 fully saturated rings. The van der Waals surface area contributed by atoms with Gasteiger partial charge in [0.15, 0.2) is 0 Å². The number of nitrogens with one attached hydrogen (secondary N) is 1. The number of alkyl halides is 2. The average molecular weight is 361 g/mol. The Labute approximate surface area is 147 Å². The normalized spacial score (nSPS) is 16.4. The minimum atomic E-state index is -3.79. The smallest absolute Gasteiger partial charge is 0.534 e. The highest BCUT2D eigenvalue weighted by Gasteiger charge is 2.45. The largest absolute Gasteiger partial charge is 0.547 e. The molecule has 1 atom stereocenters. The topological polar surface area (TPSA) is 95.9 Å². The van der Waals surface area contributed by atoms with Crippen molar-refractivity contribution >= 4 is 19.0 Å². The Hall–Kier alpha value is -2.94. The van der Waals surface area contributed by atoms with Crippen molar-refractivity contribution in [2.75, 3.05) is 0 Å². The summed E-state index contributed by atoms with van der Waals surface area (Å²) < 4.78 is 33.7. The molecule has 26 heavy (non-hydrogen) atoms. The summed E-state index contributed by atoms with van der Waals surface area (Å²) >= 11 is 0. The molecule has 2 aromatic carbocycles. The van der Waals surface area contributed by atoms with Crippen LogP contribution < -0.4 is 9.97 Å². The third-order valence-corrected chi connectivity index (χ3v) is 4.09. The van der Waals surface area contributed by atoms with Gasteiger partial charge in [0.2, 0.25) is 0 Å². The molecule has 0 aromatic heterocycles. The fourth-order valence-electron chi connectivity index (χ4n) is 2.75. The molecule has 9 heteroatoms. The van der Waals surface area contributed by atoms with E-state index in [1.807, 2.05) is 0 Å². The average Bonchev–Trinajstić information content (AvgIpc) is 2.62. The molecule has 0 radical (unpaired) electrons. The number of aromatic carboxylic acids is 1. The molecule has 1 aliphatic heterocycles. The highest BCUT2D eigenvalue weighted by Crippen LogP contribution is 2.32. The summed E-state index contributed by atoms with van der Waals surface area (Å²) in [6.45, 7) is 0. The Morgan fingerprint density at radius 3 is 2.50 bits per heavy atom. The van der Waals surface area contributed by atoms with E-state index in [0.717, 1.165) is 12.1 Å². The van der Waals surface area contributed by atoms with Crippen molar-refractivity contribution in [3.05, 3.63) is 65.2 Å². The van der Waals surface area contributed by atoms with Crippen LogP contribution in [0.5, 0.6) is 5.75 Å². The molecule has 0 spiro atoms. The Morgan fingerprint density at radius 1 is 1.15 bits per heavy atom. The van der Waals surface area contributed by atoms with Crippen LogP contribution in [0.4, 0.5) is 8.78 Å². The maximum atomic E-state index is 14.3. The summed E-state index contributed by atoms with van der Waals surface area (Å²) in [5, 5.41) is 21.3. The van der Waals surface area contributed by atoms with Gasteiger partial charge >= 0.3 is 19.0 Å². The first-order valence-corrected chi connectivity index (χ1v) is 7.75. The van der Waals surface area contributed by atoms with E-state index in [-0.39, 0.29) is 17.7 Å². The molecular weight excluding hydrogens is 347 g/mol. The molecule has 134 valence electrons. The minimum Gasteiger partial charge on any atom is -0.534 e. The highest BCUT2D eigenvalue weighted by atomic mass is 19.3. The fourth-order valence-corrected chi connectivity index (χ4v) is 2.75.